The minimum atomic E-state index is 0.752. The molecule has 1 aliphatic carbocycles. The van der Waals surface area contributed by atoms with Crippen LogP contribution in [0.2, 0.25) is 0 Å². The number of hydrogen-bond acceptors (Lipinski definition) is 2. The fourth-order valence-corrected chi connectivity index (χ4v) is 3.34. The van der Waals surface area contributed by atoms with Crippen molar-refractivity contribution in [1.29, 1.82) is 0 Å². The second kappa shape index (κ2) is 7.61. The van der Waals surface area contributed by atoms with E-state index >= 15 is 0 Å². The zero-order valence-electron chi connectivity index (χ0n) is 10.6. The minimum absolute atomic E-state index is 0.752. The molecular weight excluding hydrogens is 356 g/mol. The highest BCUT2D eigenvalue weighted by molar-refractivity contribution is 9.10. The van der Waals surface area contributed by atoms with Crippen molar-refractivity contribution in [3.8, 4) is 0 Å². The van der Waals surface area contributed by atoms with Gasteiger partial charge in [-0.1, -0.05) is 35.2 Å². The van der Waals surface area contributed by atoms with Gasteiger partial charge in [-0.25, -0.2) is 0 Å². The third kappa shape index (κ3) is 4.32. The van der Waals surface area contributed by atoms with Gasteiger partial charge in [-0.3, -0.25) is 9.88 Å². The van der Waals surface area contributed by atoms with Crippen LogP contribution in [-0.2, 0) is 6.54 Å². The van der Waals surface area contributed by atoms with Crippen LogP contribution >= 0.6 is 31.9 Å². The van der Waals surface area contributed by atoms with Gasteiger partial charge in [0.05, 0.1) is 5.69 Å². The number of pyridine rings is 1. The molecule has 1 aliphatic rings. The highest BCUT2D eigenvalue weighted by Crippen LogP contribution is 2.24. The fourth-order valence-electron chi connectivity index (χ4n) is 2.65. The van der Waals surface area contributed by atoms with Gasteiger partial charge in [0.2, 0.25) is 0 Å². The van der Waals surface area contributed by atoms with E-state index in [1.54, 1.807) is 0 Å². The Morgan fingerprint density at radius 2 is 2.00 bits per heavy atom. The lowest BCUT2D eigenvalue weighted by Crippen LogP contribution is -2.37. The fraction of sp³-hybridized carbons (Fsp3) is 0.643. The second-order valence-corrected chi connectivity index (χ2v) is 6.63. The molecule has 0 bridgehead atoms. The Kier molecular flexibility index (Phi) is 6.12. The average Bonchev–Trinajstić information content (AvgIpc) is 2.42. The largest absolute Gasteiger partial charge is 0.294 e. The van der Waals surface area contributed by atoms with Gasteiger partial charge in [-0.15, -0.1) is 0 Å². The van der Waals surface area contributed by atoms with E-state index in [2.05, 4.69) is 53.9 Å². The smallest absolute Gasteiger partial charge is 0.0544 e. The molecule has 0 amide bonds. The molecule has 2 rings (SSSR count). The molecule has 18 heavy (non-hydrogen) atoms. The zero-order chi connectivity index (χ0) is 12.8. The van der Waals surface area contributed by atoms with Gasteiger partial charge in [-0.05, 0) is 40.9 Å². The van der Waals surface area contributed by atoms with Crippen LogP contribution in [-0.4, -0.2) is 27.8 Å². The Morgan fingerprint density at radius 1 is 1.22 bits per heavy atom. The van der Waals surface area contributed by atoms with E-state index in [4.69, 9.17) is 0 Å². The summed E-state index contributed by atoms with van der Waals surface area (Å²) in [5.74, 6) is 0. The number of aromatic nitrogens is 1. The van der Waals surface area contributed by atoms with Crippen LogP contribution in [0, 0.1) is 0 Å². The van der Waals surface area contributed by atoms with Crippen LogP contribution < -0.4 is 0 Å². The zero-order valence-corrected chi connectivity index (χ0v) is 13.8. The van der Waals surface area contributed by atoms with Crippen molar-refractivity contribution in [2.24, 2.45) is 0 Å². The molecule has 100 valence electrons. The normalized spacial score (nSPS) is 17.3. The minimum Gasteiger partial charge on any atom is -0.294 e. The Hall–Kier alpha value is 0.0700. The number of rotatable bonds is 5. The summed E-state index contributed by atoms with van der Waals surface area (Å²) >= 11 is 7.01. The van der Waals surface area contributed by atoms with Gasteiger partial charge in [0.25, 0.3) is 0 Å². The van der Waals surface area contributed by atoms with E-state index in [1.807, 2.05) is 6.20 Å². The monoisotopic (exact) mass is 374 g/mol. The van der Waals surface area contributed by atoms with E-state index in [0.717, 1.165) is 28.9 Å². The lowest BCUT2D eigenvalue weighted by atomic mass is 9.94. The van der Waals surface area contributed by atoms with Crippen molar-refractivity contribution in [2.75, 3.05) is 11.9 Å². The van der Waals surface area contributed by atoms with Gasteiger partial charge >= 0.3 is 0 Å². The standard InChI is InChI=1S/C14H20Br2N2/c15-8-9-18(14-4-2-1-3-5-14)11-13-7-6-12(16)10-17-13/h6-7,10,14H,1-5,8-9,11H2. The molecule has 1 aromatic rings. The molecule has 0 saturated heterocycles. The summed E-state index contributed by atoms with van der Waals surface area (Å²) in [6.07, 6.45) is 8.78. The lowest BCUT2D eigenvalue weighted by molar-refractivity contribution is 0.156. The van der Waals surface area contributed by atoms with E-state index < -0.39 is 0 Å². The number of nitrogens with zero attached hydrogens (tertiary/aromatic N) is 2. The highest BCUT2D eigenvalue weighted by atomic mass is 79.9. The SMILES string of the molecule is BrCCN(Cc1ccc(Br)cn1)C1CCCCC1. The molecule has 1 saturated carbocycles. The predicted molar refractivity (Wildman–Crippen MR) is 83.0 cm³/mol. The molecule has 2 nitrogen and oxygen atoms in total. The first-order valence-corrected chi connectivity index (χ1v) is 8.61. The second-order valence-electron chi connectivity index (χ2n) is 4.92. The third-order valence-corrected chi connectivity index (χ3v) is 4.44. The molecule has 0 spiro atoms. The van der Waals surface area contributed by atoms with Crippen molar-refractivity contribution < 1.29 is 0 Å². The van der Waals surface area contributed by atoms with Gasteiger partial charge in [-0.2, -0.15) is 0 Å². The number of halogens is 2. The van der Waals surface area contributed by atoms with Crippen LogP contribution in [0.1, 0.15) is 37.8 Å². The van der Waals surface area contributed by atoms with Crippen molar-refractivity contribution in [3.63, 3.8) is 0 Å². The maximum Gasteiger partial charge on any atom is 0.0544 e. The molecule has 1 heterocycles. The Balaban J connectivity index is 1.98. The average molecular weight is 376 g/mol. The first-order chi connectivity index (χ1) is 8.79. The summed E-state index contributed by atoms with van der Waals surface area (Å²) in [7, 11) is 0. The van der Waals surface area contributed by atoms with Gasteiger partial charge in [0.1, 0.15) is 0 Å². The Morgan fingerprint density at radius 3 is 2.61 bits per heavy atom. The molecule has 0 radical (unpaired) electrons. The molecule has 0 aromatic carbocycles. The van der Waals surface area contributed by atoms with Gasteiger partial charge in [0, 0.05) is 35.1 Å². The molecule has 0 aliphatic heterocycles. The number of alkyl halides is 1. The number of hydrogen-bond donors (Lipinski definition) is 0. The lowest BCUT2D eigenvalue weighted by Gasteiger charge is -2.33. The summed E-state index contributed by atoms with van der Waals surface area (Å²) in [5, 5.41) is 1.04. The van der Waals surface area contributed by atoms with E-state index in [0.29, 0.717) is 0 Å². The van der Waals surface area contributed by atoms with Gasteiger partial charge in [0.15, 0.2) is 0 Å². The van der Waals surface area contributed by atoms with E-state index in [-0.39, 0.29) is 0 Å². The molecule has 4 heteroatoms. The maximum absolute atomic E-state index is 4.49. The Bertz CT molecular complexity index is 347. The molecule has 1 aromatic heterocycles. The van der Waals surface area contributed by atoms with Crippen molar-refractivity contribution in [2.45, 2.75) is 44.7 Å². The van der Waals surface area contributed by atoms with Gasteiger partial charge < -0.3 is 0 Å². The van der Waals surface area contributed by atoms with Crippen molar-refractivity contribution in [1.82, 2.24) is 9.88 Å². The topological polar surface area (TPSA) is 16.1 Å². The highest BCUT2D eigenvalue weighted by Gasteiger charge is 2.20. The first kappa shape index (κ1) is 14.5. The van der Waals surface area contributed by atoms with Crippen LogP contribution in [0.3, 0.4) is 0 Å². The predicted octanol–water partition coefficient (Wildman–Crippen LogP) is 4.37. The van der Waals surface area contributed by atoms with Crippen molar-refractivity contribution in [3.05, 3.63) is 28.5 Å². The summed E-state index contributed by atoms with van der Waals surface area (Å²) in [4.78, 5) is 7.08. The molecule has 0 atom stereocenters. The van der Waals surface area contributed by atoms with Crippen LogP contribution in [0.15, 0.2) is 22.8 Å². The summed E-state index contributed by atoms with van der Waals surface area (Å²) in [6.45, 7) is 2.09. The molecule has 1 fully saturated rings. The maximum atomic E-state index is 4.49. The molecular formula is C14H20Br2N2. The van der Waals surface area contributed by atoms with Crippen molar-refractivity contribution >= 4 is 31.9 Å². The summed E-state index contributed by atoms with van der Waals surface area (Å²) in [5.41, 5.74) is 1.17. The Labute approximate surface area is 126 Å². The third-order valence-electron chi connectivity index (χ3n) is 3.62. The van der Waals surface area contributed by atoms with E-state index in [9.17, 15) is 0 Å². The van der Waals surface area contributed by atoms with Crippen LogP contribution in [0.4, 0.5) is 0 Å². The summed E-state index contributed by atoms with van der Waals surface area (Å²) in [6, 6.07) is 4.95. The summed E-state index contributed by atoms with van der Waals surface area (Å²) < 4.78 is 1.05. The van der Waals surface area contributed by atoms with Crippen LogP contribution in [0.25, 0.3) is 0 Å². The first-order valence-electron chi connectivity index (χ1n) is 6.70. The van der Waals surface area contributed by atoms with Crippen LogP contribution in [0.5, 0.6) is 0 Å². The molecule has 0 unspecified atom stereocenters. The molecule has 0 N–H and O–H groups in total. The quantitative estimate of drug-likeness (QED) is 0.710. The van der Waals surface area contributed by atoms with E-state index in [1.165, 1.54) is 37.8 Å².